The van der Waals surface area contributed by atoms with E-state index in [2.05, 4.69) is 19.6 Å². The molecular weight excluding hydrogens is 200 g/mol. The molecule has 0 saturated carbocycles. The standard InChI is InChI=1S/C14H24O2/c1-3-5-7-8-9-10-12-13(14(15)16)11-6-4-2/h3,5,7,13H,1,4,6,8-12H2,2H3,(H,15,16)/p-1/b7-5+. The first-order valence-corrected chi connectivity index (χ1v) is 6.20. The third-order valence-electron chi connectivity index (χ3n) is 2.69. The van der Waals surface area contributed by atoms with Gasteiger partial charge in [0.15, 0.2) is 0 Å². The Morgan fingerprint density at radius 1 is 1.31 bits per heavy atom. The van der Waals surface area contributed by atoms with E-state index in [9.17, 15) is 9.90 Å². The van der Waals surface area contributed by atoms with E-state index in [1.807, 2.05) is 6.08 Å². The van der Waals surface area contributed by atoms with Crippen LogP contribution in [0.15, 0.2) is 24.8 Å². The average molecular weight is 223 g/mol. The van der Waals surface area contributed by atoms with Crippen molar-refractivity contribution in [1.29, 1.82) is 0 Å². The predicted octanol–water partition coefficient (Wildman–Crippen LogP) is 2.85. The molecule has 0 saturated heterocycles. The van der Waals surface area contributed by atoms with Crippen LogP contribution in [0.2, 0.25) is 0 Å². The van der Waals surface area contributed by atoms with Gasteiger partial charge in [-0.25, -0.2) is 0 Å². The Morgan fingerprint density at radius 2 is 2.00 bits per heavy atom. The summed E-state index contributed by atoms with van der Waals surface area (Å²) in [5.41, 5.74) is 0. The van der Waals surface area contributed by atoms with Gasteiger partial charge in [0.05, 0.1) is 0 Å². The minimum Gasteiger partial charge on any atom is -0.550 e. The summed E-state index contributed by atoms with van der Waals surface area (Å²) in [6.07, 6.45) is 12.3. The van der Waals surface area contributed by atoms with Gasteiger partial charge in [-0.1, -0.05) is 51.0 Å². The van der Waals surface area contributed by atoms with Gasteiger partial charge >= 0.3 is 0 Å². The van der Waals surface area contributed by atoms with Crippen molar-refractivity contribution in [1.82, 2.24) is 0 Å². The molecular formula is C14H23O2-. The fraction of sp³-hybridized carbons (Fsp3) is 0.643. The van der Waals surface area contributed by atoms with Gasteiger partial charge in [-0.3, -0.25) is 0 Å². The minimum atomic E-state index is -0.880. The molecule has 2 heteroatoms. The highest BCUT2D eigenvalue weighted by molar-refractivity contribution is 5.67. The van der Waals surface area contributed by atoms with Crippen molar-refractivity contribution >= 4 is 5.97 Å². The maximum atomic E-state index is 10.8. The summed E-state index contributed by atoms with van der Waals surface area (Å²) in [6, 6.07) is 0. The summed E-state index contributed by atoms with van der Waals surface area (Å²) in [4.78, 5) is 10.8. The molecule has 0 radical (unpaired) electrons. The zero-order valence-electron chi connectivity index (χ0n) is 10.3. The molecule has 0 amide bonds. The molecule has 0 bridgehead atoms. The van der Waals surface area contributed by atoms with Crippen LogP contribution in [0, 0.1) is 5.92 Å². The van der Waals surface area contributed by atoms with Crippen LogP contribution in [0.1, 0.15) is 51.9 Å². The van der Waals surface area contributed by atoms with Gasteiger partial charge in [0.2, 0.25) is 0 Å². The van der Waals surface area contributed by atoms with Gasteiger partial charge in [0.1, 0.15) is 0 Å². The Kier molecular flexibility index (Phi) is 9.78. The highest BCUT2D eigenvalue weighted by Crippen LogP contribution is 2.16. The van der Waals surface area contributed by atoms with Crippen LogP contribution in [0.3, 0.4) is 0 Å². The zero-order chi connectivity index (χ0) is 12.2. The van der Waals surface area contributed by atoms with E-state index < -0.39 is 5.97 Å². The maximum absolute atomic E-state index is 10.8. The molecule has 0 aliphatic carbocycles. The van der Waals surface area contributed by atoms with Crippen molar-refractivity contribution in [2.45, 2.75) is 51.9 Å². The summed E-state index contributed by atoms with van der Waals surface area (Å²) in [5.74, 6) is -1.13. The Hall–Kier alpha value is -1.05. The monoisotopic (exact) mass is 223 g/mol. The molecule has 0 aromatic heterocycles. The molecule has 1 atom stereocenters. The normalized spacial score (nSPS) is 12.8. The summed E-state index contributed by atoms with van der Waals surface area (Å²) < 4.78 is 0. The Labute approximate surface area is 99.1 Å². The number of rotatable bonds is 10. The zero-order valence-corrected chi connectivity index (χ0v) is 10.3. The molecule has 0 N–H and O–H groups in total. The second kappa shape index (κ2) is 10.5. The molecule has 0 heterocycles. The third-order valence-corrected chi connectivity index (χ3v) is 2.69. The van der Waals surface area contributed by atoms with Crippen molar-refractivity contribution in [2.75, 3.05) is 0 Å². The maximum Gasteiger partial charge on any atom is 0.0445 e. The van der Waals surface area contributed by atoms with E-state index in [-0.39, 0.29) is 5.92 Å². The van der Waals surface area contributed by atoms with Crippen molar-refractivity contribution < 1.29 is 9.90 Å². The molecule has 0 aliphatic rings. The molecule has 0 rings (SSSR count). The van der Waals surface area contributed by atoms with Gasteiger partial charge in [-0.05, 0) is 31.6 Å². The van der Waals surface area contributed by atoms with Gasteiger partial charge in [0.25, 0.3) is 0 Å². The summed E-state index contributed by atoms with van der Waals surface area (Å²) >= 11 is 0. The number of hydrogen-bond acceptors (Lipinski definition) is 2. The van der Waals surface area contributed by atoms with Gasteiger partial charge in [-0.15, -0.1) is 0 Å². The molecule has 2 nitrogen and oxygen atoms in total. The average Bonchev–Trinajstić information content (AvgIpc) is 2.26. The Balaban J connectivity index is 3.63. The third kappa shape index (κ3) is 8.27. The summed E-state index contributed by atoms with van der Waals surface area (Å²) in [5, 5.41) is 10.8. The second-order valence-electron chi connectivity index (χ2n) is 4.11. The lowest BCUT2D eigenvalue weighted by Gasteiger charge is -2.17. The van der Waals surface area contributed by atoms with Crippen molar-refractivity contribution in [3.8, 4) is 0 Å². The number of unbranched alkanes of at least 4 members (excludes halogenated alkanes) is 3. The van der Waals surface area contributed by atoms with Crippen LogP contribution in [-0.4, -0.2) is 5.97 Å². The van der Waals surface area contributed by atoms with Crippen LogP contribution in [0.5, 0.6) is 0 Å². The van der Waals surface area contributed by atoms with Crippen LogP contribution < -0.4 is 5.11 Å². The highest BCUT2D eigenvalue weighted by atomic mass is 16.4. The van der Waals surface area contributed by atoms with Crippen molar-refractivity contribution in [2.24, 2.45) is 5.92 Å². The molecule has 0 fully saturated rings. The number of allylic oxidation sites excluding steroid dienone is 3. The second-order valence-corrected chi connectivity index (χ2v) is 4.11. The summed E-state index contributed by atoms with van der Waals surface area (Å²) in [6.45, 7) is 5.67. The molecule has 0 aromatic rings. The van der Waals surface area contributed by atoms with Crippen LogP contribution >= 0.6 is 0 Å². The fourth-order valence-electron chi connectivity index (χ4n) is 1.68. The smallest absolute Gasteiger partial charge is 0.0445 e. The van der Waals surface area contributed by atoms with Gasteiger partial charge in [-0.2, -0.15) is 0 Å². The van der Waals surface area contributed by atoms with E-state index >= 15 is 0 Å². The first-order valence-electron chi connectivity index (χ1n) is 6.20. The predicted molar refractivity (Wildman–Crippen MR) is 65.8 cm³/mol. The molecule has 0 spiro atoms. The van der Waals surface area contributed by atoms with E-state index in [1.54, 1.807) is 6.08 Å². The Bertz CT molecular complexity index is 219. The molecule has 16 heavy (non-hydrogen) atoms. The highest BCUT2D eigenvalue weighted by Gasteiger charge is 2.08. The minimum absolute atomic E-state index is 0.247. The number of carboxylic acids is 1. The van der Waals surface area contributed by atoms with Gasteiger partial charge in [0, 0.05) is 5.97 Å². The number of carbonyl (C=O) groups excluding carboxylic acids is 1. The largest absolute Gasteiger partial charge is 0.550 e. The van der Waals surface area contributed by atoms with Crippen LogP contribution in [0.4, 0.5) is 0 Å². The molecule has 1 unspecified atom stereocenters. The Morgan fingerprint density at radius 3 is 2.56 bits per heavy atom. The van der Waals surface area contributed by atoms with Crippen LogP contribution in [0.25, 0.3) is 0 Å². The number of carboxylic acid groups (broad SMARTS) is 1. The van der Waals surface area contributed by atoms with Crippen LogP contribution in [-0.2, 0) is 4.79 Å². The van der Waals surface area contributed by atoms with Crippen molar-refractivity contribution in [3.63, 3.8) is 0 Å². The lowest BCUT2D eigenvalue weighted by molar-refractivity contribution is -0.312. The molecule has 0 aliphatic heterocycles. The molecule has 0 aromatic carbocycles. The fourth-order valence-corrected chi connectivity index (χ4v) is 1.68. The van der Waals surface area contributed by atoms with E-state index in [0.717, 1.165) is 44.9 Å². The van der Waals surface area contributed by atoms with E-state index in [1.165, 1.54) is 0 Å². The quantitative estimate of drug-likeness (QED) is 0.422. The first kappa shape index (κ1) is 14.9. The number of hydrogen-bond donors (Lipinski definition) is 0. The van der Waals surface area contributed by atoms with E-state index in [4.69, 9.17) is 0 Å². The molecule has 92 valence electrons. The summed E-state index contributed by atoms with van der Waals surface area (Å²) in [7, 11) is 0. The lowest BCUT2D eigenvalue weighted by Crippen LogP contribution is -2.31. The number of aliphatic carboxylic acids is 1. The topological polar surface area (TPSA) is 40.1 Å². The SMILES string of the molecule is C=C/C=C/CCCCC(CCCC)C(=O)[O-]. The van der Waals surface area contributed by atoms with Crippen molar-refractivity contribution in [3.05, 3.63) is 24.8 Å². The lowest BCUT2D eigenvalue weighted by atomic mass is 9.95. The number of carbonyl (C=O) groups is 1. The van der Waals surface area contributed by atoms with E-state index in [0.29, 0.717) is 0 Å². The van der Waals surface area contributed by atoms with Gasteiger partial charge < -0.3 is 9.90 Å². The first-order chi connectivity index (χ1) is 7.72.